The molecular weight excluding hydrogens is 342 g/mol. The molecule has 1 amide bonds. The third kappa shape index (κ3) is 5.54. The van der Waals surface area contributed by atoms with Gasteiger partial charge in [0.2, 0.25) is 0 Å². The van der Waals surface area contributed by atoms with Gasteiger partial charge in [0, 0.05) is 25.6 Å². The molecule has 0 bridgehead atoms. The second-order valence-electron chi connectivity index (χ2n) is 6.85. The molecule has 1 atom stereocenters. The molecule has 2 rings (SSSR count). The van der Waals surface area contributed by atoms with E-state index in [4.69, 9.17) is 9.52 Å². The van der Waals surface area contributed by atoms with Crippen molar-refractivity contribution in [2.45, 2.75) is 52.5 Å². The monoisotopic (exact) mass is 371 g/mol. The molecule has 0 saturated heterocycles. The van der Waals surface area contributed by atoms with E-state index in [0.717, 1.165) is 12.8 Å². The lowest BCUT2D eigenvalue weighted by molar-refractivity contribution is 0.0673. The topological polar surface area (TPSA) is 70.8 Å². The summed E-state index contributed by atoms with van der Waals surface area (Å²) in [5.74, 6) is 0.275. The molecule has 1 aromatic heterocycles. The summed E-state index contributed by atoms with van der Waals surface area (Å²) in [5, 5.41) is 9.13. The predicted octanol–water partition coefficient (Wildman–Crippen LogP) is 3.36. The SMILES string of the molecule is CCN(C(=O)c1c(C)cc(CCCc2ccccc2)oc1=O)C(C)CCO. The Morgan fingerprint density at radius 1 is 1.22 bits per heavy atom. The van der Waals surface area contributed by atoms with Crippen molar-refractivity contribution in [3.05, 3.63) is 69.3 Å². The summed E-state index contributed by atoms with van der Waals surface area (Å²) < 4.78 is 5.43. The van der Waals surface area contributed by atoms with E-state index in [-0.39, 0.29) is 24.1 Å². The largest absolute Gasteiger partial charge is 0.427 e. The first-order valence-corrected chi connectivity index (χ1v) is 9.57. The number of carbonyl (C=O) groups excluding carboxylic acids is 1. The van der Waals surface area contributed by atoms with Crippen LogP contribution in [0.2, 0.25) is 0 Å². The first-order valence-electron chi connectivity index (χ1n) is 9.57. The summed E-state index contributed by atoms with van der Waals surface area (Å²) >= 11 is 0. The van der Waals surface area contributed by atoms with Gasteiger partial charge in [0.05, 0.1) is 0 Å². The van der Waals surface area contributed by atoms with Gasteiger partial charge in [-0.25, -0.2) is 4.79 Å². The van der Waals surface area contributed by atoms with Gasteiger partial charge in [0.1, 0.15) is 11.3 Å². The molecule has 1 unspecified atom stereocenters. The summed E-state index contributed by atoms with van der Waals surface area (Å²) in [6, 6.07) is 11.8. The number of aliphatic hydroxyl groups is 1. The number of hydrogen-bond donors (Lipinski definition) is 1. The summed E-state index contributed by atoms with van der Waals surface area (Å²) in [6.07, 6.45) is 2.90. The van der Waals surface area contributed by atoms with Crippen LogP contribution >= 0.6 is 0 Å². The van der Waals surface area contributed by atoms with E-state index in [9.17, 15) is 9.59 Å². The highest BCUT2D eigenvalue weighted by atomic mass is 16.4. The molecule has 0 saturated carbocycles. The minimum atomic E-state index is -0.579. The van der Waals surface area contributed by atoms with Crippen LogP contribution in [0.25, 0.3) is 0 Å². The minimum Gasteiger partial charge on any atom is -0.427 e. The van der Waals surface area contributed by atoms with Crippen LogP contribution in [0.5, 0.6) is 0 Å². The quantitative estimate of drug-likeness (QED) is 0.734. The smallest absolute Gasteiger partial charge is 0.349 e. The van der Waals surface area contributed by atoms with Gasteiger partial charge in [-0.15, -0.1) is 0 Å². The number of carbonyl (C=O) groups is 1. The highest BCUT2D eigenvalue weighted by Gasteiger charge is 2.25. The number of amides is 1. The molecule has 0 aliphatic heterocycles. The van der Waals surface area contributed by atoms with Crippen LogP contribution in [-0.2, 0) is 12.8 Å². The van der Waals surface area contributed by atoms with E-state index in [2.05, 4.69) is 12.1 Å². The molecule has 0 radical (unpaired) electrons. The Balaban J connectivity index is 2.11. The van der Waals surface area contributed by atoms with Crippen LogP contribution in [0.4, 0.5) is 0 Å². The molecule has 27 heavy (non-hydrogen) atoms. The number of benzene rings is 1. The van der Waals surface area contributed by atoms with Crippen molar-refractivity contribution in [3.63, 3.8) is 0 Å². The van der Waals surface area contributed by atoms with E-state index in [1.54, 1.807) is 17.9 Å². The normalized spacial score (nSPS) is 12.0. The average Bonchev–Trinajstić information content (AvgIpc) is 2.63. The van der Waals surface area contributed by atoms with Gasteiger partial charge in [-0.3, -0.25) is 4.79 Å². The molecular formula is C22H29NO4. The highest BCUT2D eigenvalue weighted by Crippen LogP contribution is 2.15. The zero-order valence-electron chi connectivity index (χ0n) is 16.4. The van der Waals surface area contributed by atoms with Crippen LogP contribution < -0.4 is 5.63 Å². The van der Waals surface area contributed by atoms with E-state index < -0.39 is 5.63 Å². The maximum atomic E-state index is 12.8. The van der Waals surface area contributed by atoms with Crippen LogP contribution in [-0.4, -0.2) is 35.1 Å². The van der Waals surface area contributed by atoms with Crippen LogP contribution in [0.3, 0.4) is 0 Å². The van der Waals surface area contributed by atoms with Gasteiger partial charge in [0.25, 0.3) is 5.91 Å². The van der Waals surface area contributed by atoms with Crippen molar-refractivity contribution in [3.8, 4) is 0 Å². The summed E-state index contributed by atoms with van der Waals surface area (Å²) in [5.41, 5.74) is 1.40. The van der Waals surface area contributed by atoms with Gasteiger partial charge < -0.3 is 14.4 Å². The predicted molar refractivity (Wildman–Crippen MR) is 106 cm³/mol. The van der Waals surface area contributed by atoms with E-state index in [0.29, 0.717) is 30.7 Å². The Hall–Kier alpha value is -2.40. The van der Waals surface area contributed by atoms with Gasteiger partial charge in [-0.05, 0) is 57.2 Å². The van der Waals surface area contributed by atoms with Crippen molar-refractivity contribution >= 4 is 5.91 Å². The zero-order valence-corrected chi connectivity index (χ0v) is 16.4. The second-order valence-corrected chi connectivity index (χ2v) is 6.85. The number of aryl methyl sites for hydroxylation is 3. The number of rotatable bonds is 9. The van der Waals surface area contributed by atoms with Crippen molar-refractivity contribution in [2.24, 2.45) is 0 Å². The Bertz CT molecular complexity index is 798. The van der Waals surface area contributed by atoms with Crippen LogP contribution in [0.15, 0.2) is 45.6 Å². The molecule has 0 aliphatic rings. The number of nitrogens with zero attached hydrogens (tertiary/aromatic N) is 1. The van der Waals surface area contributed by atoms with Gasteiger partial charge in [-0.2, -0.15) is 0 Å². The van der Waals surface area contributed by atoms with E-state index in [1.807, 2.05) is 32.0 Å². The highest BCUT2D eigenvalue weighted by molar-refractivity contribution is 5.95. The first-order chi connectivity index (χ1) is 13.0. The fraction of sp³-hybridized carbons (Fsp3) is 0.455. The third-order valence-corrected chi connectivity index (χ3v) is 4.83. The molecule has 0 fully saturated rings. The molecule has 5 nitrogen and oxygen atoms in total. The number of hydrogen-bond acceptors (Lipinski definition) is 4. The van der Waals surface area contributed by atoms with Crippen molar-refractivity contribution < 1.29 is 14.3 Å². The van der Waals surface area contributed by atoms with Crippen molar-refractivity contribution in [1.82, 2.24) is 4.90 Å². The molecule has 146 valence electrons. The Morgan fingerprint density at radius 3 is 2.52 bits per heavy atom. The lowest BCUT2D eigenvalue weighted by atomic mass is 10.0. The Kier molecular flexibility index (Phi) is 7.80. The minimum absolute atomic E-state index is 0.00110. The summed E-state index contributed by atoms with van der Waals surface area (Å²) in [4.78, 5) is 26.9. The average molecular weight is 371 g/mol. The maximum absolute atomic E-state index is 12.8. The maximum Gasteiger partial charge on any atom is 0.349 e. The molecule has 1 aromatic carbocycles. The van der Waals surface area contributed by atoms with Crippen LogP contribution in [0, 0.1) is 6.92 Å². The Morgan fingerprint density at radius 2 is 1.93 bits per heavy atom. The van der Waals surface area contributed by atoms with Gasteiger partial charge in [0.15, 0.2) is 0 Å². The molecule has 1 N–H and O–H groups in total. The Labute approximate surface area is 160 Å². The molecule has 0 spiro atoms. The zero-order chi connectivity index (χ0) is 19.8. The van der Waals surface area contributed by atoms with E-state index in [1.165, 1.54) is 5.56 Å². The fourth-order valence-corrected chi connectivity index (χ4v) is 3.31. The van der Waals surface area contributed by atoms with Crippen molar-refractivity contribution in [2.75, 3.05) is 13.2 Å². The van der Waals surface area contributed by atoms with Gasteiger partial charge in [-0.1, -0.05) is 30.3 Å². The first kappa shape index (κ1) is 20.9. The summed E-state index contributed by atoms with van der Waals surface area (Å²) in [7, 11) is 0. The lowest BCUT2D eigenvalue weighted by Gasteiger charge is -2.27. The van der Waals surface area contributed by atoms with E-state index >= 15 is 0 Å². The lowest BCUT2D eigenvalue weighted by Crippen LogP contribution is -2.41. The molecule has 2 aromatic rings. The standard InChI is InChI=1S/C22H29NO4/c1-4-23(17(3)13-14-24)21(25)20-16(2)15-19(27-22(20)26)12-8-11-18-9-6-5-7-10-18/h5-7,9-10,15,17,24H,4,8,11-14H2,1-3H3. The molecule has 5 heteroatoms. The fourth-order valence-electron chi connectivity index (χ4n) is 3.31. The summed E-state index contributed by atoms with van der Waals surface area (Å²) in [6.45, 7) is 5.97. The van der Waals surface area contributed by atoms with Crippen LogP contribution in [0.1, 0.15) is 53.9 Å². The van der Waals surface area contributed by atoms with Gasteiger partial charge >= 0.3 is 5.63 Å². The molecule has 0 aliphatic carbocycles. The molecule has 1 heterocycles. The third-order valence-electron chi connectivity index (χ3n) is 4.83. The van der Waals surface area contributed by atoms with Crippen molar-refractivity contribution in [1.29, 1.82) is 0 Å². The second kappa shape index (κ2) is 10.1. The number of aliphatic hydroxyl groups excluding tert-OH is 1.